The Morgan fingerprint density at radius 2 is 1.79 bits per heavy atom. The molecule has 0 aliphatic carbocycles. The smallest absolute Gasteiger partial charge is 0.233 e. The molecule has 6 rings (SSSR count). The van der Waals surface area contributed by atoms with E-state index in [9.17, 15) is 8.42 Å². The number of likely N-dealkylation sites (tertiary alicyclic amines) is 1. The number of imidazole rings is 1. The topological polar surface area (TPSA) is 119 Å². The summed E-state index contributed by atoms with van der Waals surface area (Å²) in [6.07, 6.45) is 4.49. The molecule has 3 aromatic heterocycles. The normalized spacial score (nSPS) is 16.3. The molecule has 10 heteroatoms. The van der Waals surface area contributed by atoms with Crippen molar-refractivity contribution in [2.75, 3.05) is 18.8 Å². The maximum Gasteiger partial charge on any atom is 0.233 e. The summed E-state index contributed by atoms with van der Waals surface area (Å²) in [7, 11) is -3.47. The van der Waals surface area contributed by atoms with Gasteiger partial charge >= 0.3 is 0 Å². The molecule has 42 heavy (non-hydrogen) atoms. The molecule has 1 atom stereocenters. The van der Waals surface area contributed by atoms with Gasteiger partial charge in [-0.2, -0.15) is 0 Å². The highest BCUT2D eigenvalue weighted by Gasteiger charge is 2.22. The minimum Gasteiger partial charge on any atom is -0.383 e. The van der Waals surface area contributed by atoms with Crippen LogP contribution in [0.1, 0.15) is 24.8 Å². The summed E-state index contributed by atoms with van der Waals surface area (Å²) in [6.45, 7) is 5.70. The molecule has 2 aromatic carbocycles. The number of aromatic nitrogens is 4. The standard InChI is InChI=1S/C32H33N7O2S/c1-2-42(40,41)37-25-11-6-7-20-38(22-25)21-23-13-15-26(16-14-23)39-31(27-12-8-19-34-30(27)33)36-29-18-17-28(35-32(29)39)24-9-4-3-5-10-24/h2-5,8-10,12-19,25,37H,1,6-7,11,20-22H2,(H2,33,34). The minimum atomic E-state index is -3.47. The molecule has 9 nitrogen and oxygen atoms in total. The van der Waals surface area contributed by atoms with Crippen molar-refractivity contribution in [3.8, 4) is 28.3 Å². The van der Waals surface area contributed by atoms with Gasteiger partial charge in [0.2, 0.25) is 10.0 Å². The Balaban J connectivity index is 1.34. The van der Waals surface area contributed by atoms with E-state index in [-0.39, 0.29) is 6.04 Å². The Morgan fingerprint density at radius 1 is 0.976 bits per heavy atom. The largest absolute Gasteiger partial charge is 0.383 e. The molecule has 3 N–H and O–H groups in total. The molecule has 0 bridgehead atoms. The molecule has 0 saturated carbocycles. The first kappa shape index (κ1) is 27.8. The predicted octanol–water partition coefficient (Wildman–Crippen LogP) is 5.15. The van der Waals surface area contributed by atoms with Crippen molar-refractivity contribution >= 4 is 27.0 Å². The van der Waals surface area contributed by atoms with Crippen molar-refractivity contribution in [3.63, 3.8) is 0 Å². The van der Waals surface area contributed by atoms with Gasteiger partial charge < -0.3 is 5.73 Å². The van der Waals surface area contributed by atoms with E-state index in [0.717, 1.165) is 77.0 Å². The molecule has 0 amide bonds. The zero-order valence-corrected chi connectivity index (χ0v) is 24.0. The van der Waals surface area contributed by atoms with Crippen LogP contribution in [0.2, 0.25) is 0 Å². The zero-order valence-electron chi connectivity index (χ0n) is 23.2. The van der Waals surface area contributed by atoms with Crippen LogP contribution in [0.15, 0.2) is 97.0 Å². The van der Waals surface area contributed by atoms with Crippen molar-refractivity contribution in [2.45, 2.75) is 31.8 Å². The summed E-state index contributed by atoms with van der Waals surface area (Å²) in [6, 6.07) is 26.0. The maximum absolute atomic E-state index is 12.1. The Bertz CT molecular complexity index is 1820. The second kappa shape index (κ2) is 11.8. The SMILES string of the molecule is C=CS(=O)(=O)NC1CCCCN(Cc2ccc(-n3c(-c4cccnc4N)nc4ccc(-c5ccccc5)nc43)cc2)C1. The van der Waals surface area contributed by atoms with E-state index in [1.165, 1.54) is 0 Å². The summed E-state index contributed by atoms with van der Waals surface area (Å²) < 4.78 is 28.9. The van der Waals surface area contributed by atoms with E-state index < -0.39 is 10.0 Å². The number of benzene rings is 2. The average molecular weight is 580 g/mol. The minimum absolute atomic E-state index is 0.135. The molecule has 214 valence electrons. The average Bonchev–Trinajstić information content (AvgIpc) is 3.24. The lowest BCUT2D eigenvalue weighted by Gasteiger charge is -2.24. The molecule has 1 saturated heterocycles. The molecule has 0 spiro atoms. The van der Waals surface area contributed by atoms with E-state index >= 15 is 0 Å². The van der Waals surface area contributed by atoms with Gasteiger partial charge in [-0.15, -0.1) is 0 Å². The molecular formula is C32H33N7O2S. The van der Waals surface area contributed by atoms with Gasteiger partial charge in [-0.25, -0.2) is 28.1 Å². The van der Waals surface area contributed by atoms with Crippen LogP contribution < -0.4 is 10.5 Å². The van der Waals surface area contributed by atoms with Crippen LogP contribution in [-0.2, 0) is 16.6 Å². The number of fused-ring (bicyclic) bond motifs is 1. The van der Waals surface area contributed by atoms with Gasteiger partial charge in [-0.1, -0.05) is 55.5 Å². The summed E-state index contributed by atoms with van der Waals surface area (Å²) >= 11 is 0. The van der Waals surface area contributed by atoms with E-state index in [1.807, 2.05) is 59.2 Å². The lowest BCUT2D eigenvalue weighted by atomic mass is 10.1. The number of anilines is 1. The van der Waals surface area contributed by atoms with Crippen molar-refractivity contribution in [1.82, 2.24) is 29.1 Å². The van der Waals surface area contributed by atoms with E-state index in [0.29, 0.717) is 18.2 Å². The van der Waals surface area contributed by atoms with Gasteiger partial charge in [-0.3, -0.25) is 9.47 Å². The van der Waals surface area contributed by atoms with E-state index in [2.05, 4.69) is 45.5 Å². The second-order valence-corrected chi connectivity index (χ2v) is 12.2. The first-order valence-electron chi connectivity index (χ1n) is 14.0. The van der Waals surface area contributed by atoms with E-state index in [1.54, 1.807) is 6.20 Å². The van der Waals surface area contributed by atoms with Crippen LogP contribution in [0, 0.1) is 0 Å². The lowest BCUT2D eigenvalue weighted by Crippen LogP contribution is -2.41. The number of nitrogens with zero attached hydrogens (tertiary/aromatic N) is 5. The number of hydrogen-bond donors (Lipinski definition) is 2. The molecule has 0 radical (unpaired) electrons. The summed E-state index contributed by atoms with van der Waals surface area (Å²) in [5.74, 6) is 1.07. The van der Waals surface area contributed by atoms with Crippen molar-refractivity contribution < 1.29 is 8.42 Å². The number of sulfonamides is 1. The Morgan fingerprint density at radius 3 is 2.55 bits per heavy atom. The van der Waals surface area contributed by atoms with Crippen molar-refractivity contribution in [3.05, 3.63) is 103 Å². The first-order valence-corrected chi connectivity index (χ1v) is 15.6. The number of pyridine rings is 2. The molecule has 5 aromatic rings. The van der Waals surface area contributed by atoms with Gasteiger partial charge in [0.15, 0.2) is 11.5 Å². The highest BCUT2D eigenvalue weighted by atomic mass is 32.2. The highest BCUT2D eigenvalue weighted by Crippen LogP contribution is 2.32. The lowest BCUT2D eigenvalue weighted by molar-refractivity contribution is 0.260. The van der Waals surface area contributed by atoms with Crippen molar-refractivity contribution in [2.24, 2.45) is 0 Å². The second-order valence-electron chi connectivity index (χ2n) is 10.5. The van der Waals surface area contributed by atoms with Crippen molar-refractivity contribution in [1.29, 1.82) is 0 Å². The van der Waals surface area contributed by atoms with E-state index in [4.69, 9.17) is 15.7 Å². The van der Waals surface area contributed by atoms with Gasteiger partial charge in [0.05, 0.1) is 11.3 Å². The third-order valence-electron chi connectivity index (χ3n) is 7.56. The van der Waals surface area contributed by atoms with Crippen LogP contribution >= 0.6 is 0 Å². The molecule has 1 aliphatic rings. The van der Waals surface area contributed by atoms with Crippen LogP contribution in [0.3, 0.4) is 0 Å². The Hall–Kier alpha value is -4.38. The van der Waals surface area contributed by atoms with Crippen LogP contribution in [-0.4, -0.2) is 52.0 Å². The maximum atomic E-state index is 12.1. The fraction of sp³-hybridized carbons (Fsp3) is 0.219. The molecule has 1 fully saturated rings. The molecule has 1 aliphatic heterocycles. The first-order chi connectivity index (χ1) is 20.4. The highest BCUT2D eigenvalue weighted by molar-refractivity contribution is 7.92. The number of nitrogen functional groups attached to an aromatic ring is 1. The van der Waals surface area contributed by atoms with Crippen LogP contribution in [0.5, 0.6) is 0 Å². The fourth-order valence-electron chi connectivity index (χ4n) is 5.51. The van der Waals surface area contributed by atoms with Gasteiger partial charge in [0, 0.05) is 42.0 Å². The van der Waals surface area contributed by atoms with Gasteiger partial charge in [0.1, 0.15) is 11.3 Å². The molecule has 1 unspecified atom stereocenters. The fourth-order valence-corrected chi connectivity index (χ4v) is 6.26. The number of nitrogens with two attached hydrogens (primary N) is 1. The summed E-state index contributed by atoms with van der Waals surface area (Å²) in [4.78, 5) is 16.6. The molecule has 4 heterocycles. The Kier molecular flexibility index (Phi) is 7.84. The quantitative estimate of drug-likeness (QED) is 0.261. The third kappa shape index (κ3) is 5.96. The van der Waals surface area contributed by atoms with Crippen LogP contribution in [0.4, 0.5) is 5.82 Å². The third-order valence-corrected chi connectivity index (χ3v) is 8.66. The summed E-state index contributed by atoms with van der Waals surface area (Å²) in [5, 5.41) is 0.978. The summed E-state index contributed by atoms with van der Waals surface area (Å²) in [5.41, 5.74) is 12.4. The number of hydrogen-bond acceptors (Lipinski definition) is 7. The van der Waals surface area contributed by atoms with Gasteiger partial charge in [-0.05, 0) is 61.3 Å². The zero-order chi connectivity index (χ0) is 29.1. The monoisotopic (exact) mass is 579 g/mol. The number of rotatable bonds is 8. The van der Waals surface area contributed by atoms with Crippen LogP contribution in [0.25, 0.3) is 39.5 Å². The Labute approximate surface area is 245 Å². The molecular weight excluding hydrogens is 546 g/mol. The van der Waals surface area contributed by atoms with Gasteiger partial charge in [0.25, 0.3) is 0 Å². The predicted molar refractivity (Wildman–Crippen MR) is 167 cm³/mol. The number of nitrogens with one attached hydrogen (secondary N) is 1.